The summed E-state index contributed by atoms with van der Waals surface area (Å²) < 4.78 is 5.64. The lowest BCUT2D eigenvalue weighted by Gasteiger charge is -2.15. The Morgan fingerprint density at radius 1 is 1.10 bits per heavy atom. The van der Waals surface area contributed by atoms with Crippen molar-refractivity contribution in [3.8, 4) is 0 Å². The number of halogens is 1. The van der Waals surface area contributed by atoms with E-state index in [1.165, 1.54) is 6.20 Å². The van der Waals surface area contributed by atoms with Gasteiger partial charge in [0.2, 0.25) is 0 Å². The highest BCUT2D eigenvalue weighted by atomic mass is 35.5. The van der Waals surface area contributed by atoms with Gasteiger partial charge in [0.25, 0.3) is 17.8 Å². The summed E-state index contributed by atoms with van der Waals surface area (Å²) >= 11 is 7.02. The molecule has 1 fully saturated rings. The lowest BCUT2D eigenvalue weighted by Crippen LogP contribution is -2.23. The van der Waals surface area contributed by atoms with Gasteiger partial charge in [0.15, 0.2) is 0 Å². The Balaban J connectivity index is 0.00000272. The van der Waals surface area contributed by atoms with Crippen LogP contribution in [-0.2, 0) is 4.74 Å². The molecule has 3 heterocycles. The van der Waals surface area contributed by atoms with E-state index in [1.54, 1.807) is 53.4 Å². The van der Waals surface area contributed by atoms with Crippen molar-refractivity contribution in [3.05, 3.63) is 69.5 Å². The summed E-state index contributed by atoms with van der Waals surface area (Å²) in [5.74, 6) is -0.643. The molecule has 0 atom stereocenters. The number of nitrogens with zero attached hydrogens (tertiary/aromatic N) is 2. The van der Waals surface area contributed by atoms with E-state index in [0.717, 1.165) is 17.0 Å². The number of anilines is 3. The number of benzene rings is 1. The fraction of sp³-hybridized carbons (Fsp3) is 0.143. The Bertz CT molecular complexity index is 1120. The Morgan fingerprint density at radius 2 is 1.87 bits per heavy atom. The van der Waals surface area contributed by atoms with Gasteiger partial charge in [-0.25, -0.2) is 4.98 Å². The minimum absolute atomic E-state index is 0. The summed E-state index contributed by atoms with van der Waals surface area (Å²) in [6.07, 6.45) is 1.50. The van der Waals surface area contributed by atoms with Gasteiger partial charge in [-0.1, -0.05) is 19.0 Å². The van der Waals surface area contributed by atoms with Gasteiger partial charge in [-0.2, -0.15) is 0 Å². The standard InChI is InChI=1S/C20H16ClN5O3S.CH4/c21-16-8-7-15(30-16)19(28)25-17-14(2-1-9-23-17)18(27)24-12-3-5-13(6-4-12)26-10-11-29-20(26)22;/h1-9,22H,10-11H2,(H,24,27)(H,23,25,28);1H4. The lowest BCUT2D eigenvalue weighted by atomic mass is 10.2. The monoisotopic (exact) mass is 457 g/mol. The van der Waals surface area contributed by atoms with Gasteiger partial charge in [-0.15, -0.1) is 11.3 Å². The summed E-state index contributed by atoms with van der Waals surface area (Å²) in [7, 11) is 0. The average molecular weight is 458 g/mol. The van der Waals surface area contributed by atoms with Crippen LogP contribution in [0.25, 0.3) is 0 Å². The first-order chi connectivity index (χ1) is 14.5. The number of amides is 2. The first-order valence-corrected chi connectivity index (χ1v) is 10.1. The topological polar surface area (TPSA) is 107 Å². The number of amidine groups is 1. The lowest BCUT2D eigenvalue weighted by molar-refractivity contribution is 0.102. The number of hydrogen-bond donors (Lipinski definition) is 3. The smallest absolute Gasteiger partial charge is 0.289 e. The summed E-state index contributed by atoms with van der Waals surface area (Å²) in [5, 5.41) is 13.2. The van der Waals surface area contributed by atoms with Crippen molar-refractivity contribution in [1.29, 1.82) is 5.41 Å². The summed E-state index contributed by atoms with van der Waals surface area (Å²) in [6.45, 7) is 1.09. The van der Waals surface area contributed by atoms with Crippen LogP contribution in [-0.4, -0.2) is 36.0 Å². The molecule has 1 saturated heterocycles. The molecule has 8 nitrogen and oxygen atoms in total. The van der Waals surface area contributed by atoms with Crippen molar-refractivity contribution in [2.45, 2.75) is 7.43 Å². The van der Waals surface area contributed by atoms with E-state index < -0.39 is 5.91 Å². The van der Waals surface area contributed by atoms with E-state index in [4.69, 9.17) is 21.7 Å². The number of aromatic nitrogens is 1. The molecular formula is C21H20ClN5O3S. The van der Waals surface area contributed by atoms with Crippen molar-refractivity contribution in [2.75, 3.05) is 28.7 Å². The van der Waals surface area contributed by atoms with E-state index in [1.807, 2.05) is 0 Å². The molecule has 0 saturated carbocycles. The molecule has 3 N–H and O–H groups in total. The summed E-state index contributed by atoms with van der Waals surface area (Å²) in [6, 6.07) is 13.6. The molecule has 2 aromatic heterocycles. The average Bonchev–Trinajstić information content (AvgIpc) is 3.37. The zero-order valence-electron chi connectivity index (χ0n) is 15.5. The SMILES string of the molecule is C.N=C1OCCN1c1ccc(NC(=O)c2cccnc2NC(=O)c2ccc(Cl)s2)cc1. The van der Waals surface area contributed by atoms with Crippen molar-refractivity contribution < 1.29 is 14.3 Å². The van der Waals surface area contributed by atoms with E-state index >= 15 is 0 Å². The molecule has 3 aromatic rings. The van der Waals surface area contributed by atoms with Gasteiger partial charge in [-0.3, -0.25) is 19.9 Å². The van der Waals surface area contributed by atoms with E-state index in [0.29, 0.717) is 28.1 Å². The molecule has 1 aliphatic rings. The molecule has 0 spiro atoms. The molecule has 160 valence electrons. The fourth-order valence-corrected chi connectivity index (χ4v) is 3.81. The quantitative estimate of drug-likeness (QED) is 0.514. The number of rotatable bonds is 5. The van der Waals surface area contributed by atoms with E-state index in [2.05, 4.69) is 15.6 Å². The minimum Gasteiger partial charge on any atom is -0.463 e. The van der Waals surface area contributed by atoms with Crippen LogP contribution in [0.5, 0.6) is 0 Å². The van der Waals surface area contributed by atoms with Crippen molar-refractivity contribution in [2.24, 2.45) is 0 Å². The highest BCUT2D eigenvalue weighted by Crippen LogP contribution is 2.24. The van der Waals surface area contributed by atoms with Crippen LogP contribution in [0.2, 0.25) is 4.34 Å². The third kappa shape index (κ3) is 5.01. The normalized spacial score (nSPS) is 12.7. The Kier molecular flexibility index (Phi) is 6.88. The van der Waals surface area contributed by atoms with Crippen molar-refractivity contribution in [3.63, 3.8) is 0 Å². The van der Waals surface area contributed by atoms with Crippen LogP contribution in [0, 0.1) is 5.41 Å². The molecule has 0 aliphatic carbocycles. The third-order valence-corrected chi connectivity index (χ3v) is 5.55. The van der Waals surface area contributed by atoms with Crippen LogP contribution >= 0.6 is 22.9 Å². The number of pyridine rings is 1. The van der Waals surface area contributed by atoms with Gasteiger partial charge >= 0.3 is 0 Å². The fourth-order valence-electron chi connectivity index (χ4n) is 2.88. The van der Waals surface area contributed by atoms with Gasteiger partial charge in [0.05, 0.1) is 21.3 Å². The summed E-state index contributed by atoms with van der Waals surface area (Å²) in [5.41, 5.74) is 1.60. The van der Waals surface area contributed by atoms with Crippen LogP contribution in [0.4, 0.5) is 17.2 Å². The second-order valence-electron chi connectivity index (χ2n) is 6.26. The molecule has 2 amide bonds. The number of carbonyl (C=O) groups excluding carboxylic acids is 2. The molecule has 10 heteroatoms. The van der Waals surface area contributed by atoms with Crippen molar-refractivity contribution in [1.82, 2.24) is 4.98 Å². The van der Waals surface area contributed by atoms with Gasteiger partial charge in [0.1, 0.15) is 12.4 Å². The van der Waals surface area contributed by atoms with Crippen LogP contribution in [0.15, 0.2) is 54.7 Å². The molecule has 1 aromatic carbocycles. The maximum Gasteiger partial charge on any atom is 0.289 e. The molecular weight excluding hydrogens is 438 g/mol. The second-order valence-corrected chi connectivity index (χ2v) is 7.98. The van der Waals surface area contributed by atoms with Gasteiger partial charge in [0, 0.05) is 17.6 Å². The first kappa shape index (κ1) is 22.3. The van der Waals surface area contributed by atoms with Crippen LogP contribution in [0.3, 0.4) is 0 Å². The largest absolute Gasteiger partial charge is 0.463 e. The van der Waals surface area contributed by atoms with Gasteiger partial charge < -0.3 is 15.4 Å². The predicted octanol–water partition coefficient (Wildman–Crippen LogP) is 4.71. The number of nitrogens with one attached hydrogen (secondary N) is 3. The highest BCUT2D eigenvalue weighted by Gasteiger charge is 2.20. The molecule has 4 rings (SSSR count). The number of ether oxygens (including phenoxy) is 1. The minimum atomic E-state index is -0.410. The number of hydrogen-bond acceptors (Lipinski definition) is 6. The molecule has 0 bridgehead atoms. The zero-order chi connectivity index (χ0) is 21.1. The zero-order valence-corrected chi connectivity index (χ0v) is 17.1. The van der Waals surface area contributed by atoms with Crippen molar-refractivity contribution >= 4 is 58.0 Å². The molecule has 0 unspecified atom stereocenters. The van der Waals surface area contributed by atoms with E-state index in [9.17, 15) is 9.59 Å². The van der Waals surface area contributed by atoms with Crippen LogP contribution in [0.1, 0.15) is 27.5 Å². The highest BCUT2D eigenvalue weighted by molar-refractivity contribution is 7.18. The maximum absolute atomic E-state index is 12.8. The maximum atomic E-state index is 12.8. The Hall–Kier alpha value is -3.43. The number of carbonyl (C=O) groups is 2. The first-order valence-electron chi connectivity index (χ1n) is 8.93. The predicted molar refractivity (Wildman–Crippen MR) is 124 cm³/mol. The van der Waals surface area contributed by atoms with Gasteiger partial charge in [-0.05, 0) is 48.5 Å². The third-order valence-electron chi connectivity index (χ3n) is 4.32. The second kappa shape index (κ2) is 9.59. The number of thiophene rings is 1. The Morgan fingerprint density at radius 3 is 2.52 bits per heavy atom. The molecule has 0 radical (unpaired) electrons. The Labute approximate surface area is 188 Å². The van der Waals surface area contributed by atoms with Crippen LogP contribution < -0.4 is 15.5 Å². The molecule has 31 heavy (non-hydrogen) atoms. The van der Waals surface area contributed by atoms with E-state index in [-0.39, 0.29) is 30.7 Å². The molecule has 1 aliphatic heterocycles. The summed E-state index contributed by atoms with van der Waals surface area (Å²) in [4.78, 5) is 31.4.